The molecule has 1 amide bonds. The second-order valence-corrected chi connectivity index (χ2v) is 8.92. The third-order valence-electron chi connectivity index (χ3n) is 3.90. The van der Waals surface area contributed by atoms with Gasteiger partial charge >= 0.3 is 0 Å². The van der Waals surface area contributed by atoms with Crippen molar-refractivity contribution in [2.75, 3.05) is 11.1 Å². The maximum atomic E-state index is 12.3. The van der Waals surface area contributed by atoms with E-state index in [9.17, 15) is 4.79 Å². The molecule has 28 heavy (non-hydrogen) atoms. The zero-order valence-electron chi connectivity index (χ0n) is 15.5. The highest BCUT2D eigenvalue weighted by atomic mass is 35.5. The lowest BCUT2D eigenvalue weighted by atomic mass is 10.2. The molecule has 0 aliphatic heterocycles. The van der Waals surface area contributed by atoms with Gasteiger partial charge in [-0.15, -0.1) is 21.5 Å². The standard InChI is InChI=1S/C19H20Cl2N4OS2/c1-3-5-25-18(12-6-16(4-2)27-10-12)23-24-19(25)28-11-17(26)22-15-8-13(20)7-14(21)9-15/h6-10H,3-5,11H2,1-2H3,(H,22,26). The van der Waals surface area contributed by atoms with Gasteiger partial charge in [0.05, 0.1) is 5.75 Å². The molecule has 0 bridgehead atoms. The average molecular weight is 455 g/mol. The van der Waals surface area contributed by atoms with E-state index in [0.717, 1.165) is 35.9 Å². The minimum atomic E-state index is -0.153. The number of carbonyl (C=O) groups is 1. The number of benzene rings is 1. The number of rotatable bonds is 8. The topological polar surface area (TPSA) is 59.8 Å². The van der Waals surface area contributed by atoms with Gasteiger partial charge in [-0.25, -0.2) is 0 Å². The van der Waals surface area contributed by atoms with Crippen LogP contribution in [0.5, 0.6) is 0 Å². The largest absolute Gasteiger partial charge is 0.325 e. The second-order valence-electron chi connectivity index (χ2n) is 6.11. The number of hydrogen-bond donors (Lipinski definition) is 1. The molecule has 0 radical (unpaired) electrons. The van der Waals surface area contributed by atoms with Crippen molar-refractivity contribution in [2.45, 2.75) is 38.4 Å². The van der Waals surface area contributed by atoms with E-state index in [-0.39, 0.29) is 11.7 Å². The number of aromatic nitrogens is 3. The van der Waals surface area contributed by atoms with Crippen molar-refractivity contribution >= 4 is 57.9 Å². The predicted molar refractivity (Wildman–Crippen MR) is 119 cm³/mol. The molecule has 0 spiro atoms. The maximum absolute atomic E-state index is 12.3. The van der Waals surface area contributed by atoms with Crippen molar-refractivity contribution in [3.8, 4) is 11.4 Å². The van der Waals surface area contributed by atoms with Gasteiger partial charge in [0, 0.05) is 38.1 Å². The molecule has 0 aliphatic carbocycles. The Morgan fingerprint density at radius 2 is 1.93 bits per heavy atom. The summed E-state index contributed by atoms with van der Waals surface area (Å²) in [6.45, 7) is 5.05. The molecular weight excluding hydrogens is 435 g/mol. The monoisotopic (exact) mass is 454 g/mol. The number of aryl methyl sites for hydroxylation is 1. The van der Waals surface area contributed by atoms with E-state index < -0.39 is 0 Å². The van der Waals surface area contributed by atoms with Crippen LogP contribution in [0.4, 0.5) is 5.69 Å². The lowest BCUT2D eigenvalue weighted by Gasteiger charge is -2.09. The van der Waals surface area contributed by atoms with Crippen LogP contribution in [-0.4, -0.2) is 26.4 Å². The summed E-state index contributed by atoms with van der Waals surface area (Å²) < 4.78 is 2.08. The fourth-order valence-electron chi connectivity index (χ4n) is 2.67. The van der Waals surface area contributed by atoms with Crippen molar-refractivity contribution in [2.24, 2.45) is 0 Å². The zero-order valence-corrected chi connectivity index (χ0v) is 18.7. The van der Waals surface area contributed by atoms with Gasteiger partial charge in [0.1, 0.15) is 0 Å². The number of thioether (sulfide) groups is 1. The molecule has 0 atom stereocenters. The van der Waals surface area contributed by atoms with Gasteiger partial charge in [0.15, 0.2) is 11.0 Å². The number of anilines is 1. The van der Waals surface area contributed by atoms with Crippen molar-refractivity contribution in [3.63, 3.8) is 0 Å². The molecule has 2 aromatic heterocycles. The molecule has 9 heteroatoms. The van der Waals surface area contributed by atoms with Crippen LogP contribution in [0.15, 0.2) is 34.8 Å². The van der Waals surface area contributed by atoms with Gasteiger partial charge in [0.25, 0.3) is 0 Å². The first-order valence-electron chi connectivity index (χ1n) is 8.89. The molecule has 0 fully saturated rings. The molecule has 0 aliphatic rings. The number of thiophene rings is 1. The summed E-state index contributed by atoms with van der Waals surface area (Å²) in [5.41, 5.74) is 1.65. The van der Waals surface area contributed by atoms with Crippen LogP contribution < -0.4 is 5.32 Å². The first-order valence-corrected chi connectivity index (χ1v) is 11.5. The van der Waals surface area contributed by atoms with Crippen molar-refractivity contribution in [3.05, 3.63) is 44.6 Å². The van der Waals surface area contributed by atoms with Crippen LogP contribution in [0.2, 0.25) is 10.0 Å². The summed E-state index contributed by atoms with van der Waals surface area (Å²) in [6.07, 6.45) is 1.96. The SMILES string of the molecule is CCCn1c(SCC(=O)Nc2cc(Cl)cc(Cl)c2)nnc1-c1csc(CC)c1. The lowest BCUT2D eigenvalue weighted by Crippen LogP contribution is -2.14. The van der Waals surface area contributed by atoms with Gasteiger partial charge in [-0.3, -0.25) is 4.79 Å². The number of nitrogens with one attached hydrogen (secondary N) is 1. The second kappa shape index (κ2) is 9.78. The van der Waals surface area contributed by atoms with E-state index >= 15 is 0 Å². The summed E-state index contributed by atoms with van der Waals surface area (Å²) in [5, 5.41) is 15.3. The quantitative estimate of drug-likeness (QED) is 0.422. The van der Waals surface area contributed by atoms with Gasteiger partial charge in [-0.1, -0.05) is 48.8 Å². The van der Waals surface area contributed by atoms with Gasteiger partial charge in [0.2, 0.25) is 5.91 Å². The Bertz CT molecular complexity index is 951. The number of hydrogen-bond acceptors (Lipinski definition) is 5. The molecule has 3 aromatic rings. The van der Waals surface area contributed by atoms with E-state index in [1.807, 2.05) is 0 Å². The molecule has 3 rings (SSSR count). The van der Waals surface area contributed by atoms with E-state index in [1.54, 1.807) is 29.5 Å². The van der Waals surface area contributed by atoms with E-state index in [1.165, 1.54) is 16.6 Å². The Morgan fingerprint density at radius 1 is 1.18 bits per heavy atom. The molecule has 1 N–H and O–H groups in total. The summed E-state index contributed by atoms with van der Waals surface area (Å²) in [4.78, 5) is 13.6. The van der Waals surface area contributed by atoms with E-state index in [0.29, 0.717) is 15.7 Å². The molecule has 0 saturated heterocycles. The molecular formula is C19H20Cl2N4OS2. The van der Waals surface area contributed by atoms with Crippen LogP contribution in [-0.2, 0) is 17.8 Å². The fraction of sp³-hybridized carbons (Fsp3) is 0.316. The Hall–Kier alpha value is -1.54. The number of nitrogens with zero attached hydrogens (tertiary/aromatic N) is 3. The number of amides is 1. The third kappa shape index (κ3) is 5.29. The Morgan fingerprint density at radius 3 is 2.57 bits per heavy atom. The molecule has 0 saturated carbocycles. The highest BCUT2D eigenvalue weighted by Crippen LogP contribution is 2.28. The summed E-state index contributed by atoms with van der Waals surface area (Å²) in [5.74, 6) is 0.914. The van der Waals surface area contributed by atoms with Crippen LogP contribution in [0.25, 0.3) is 11.4 Å². The smallest absolute Gasteiger partial charge is 0.234 e. The highest BCUT2D eigenvalue weighted by Gasteiger charge is 2.16. The number of carbonyl (C=O) groups excluding carboxylic acids is 1. The summed E-state index contributed by atoms with van der Waals surface area (Å²) in [7, 11) is 0. The van der Waals surface area contributed by atoms with Crippen molar-refractivity contribution in [1.29, 1.82) is 0 Å². The highest BCUT2D eigenvalue weighted by molar-refractivity contribution is 7.99. The summed E-state index contributed by atoms with van der Waals surface area (Å²) in [6, 6.07) is 7.10. The predicted octanol–water partition coefficient (Wildman–Crippen LogP) is 6.02. The van der Waals surface area contributed by atoms with Gasteiger partial charge < -0.3 is 9.88 Å². The Labute approximate surface area is 182 Å². The van der Waals surface area contributed by atoms with Crippen LogP contribution >= 0.6 is 46.3 Å². The molecule has 1 aromatic carbocycles. The summed E-state index contributed by atoms with van der Waals surface area (Å²) >= 11 is 15.0. The van der Waals surface area contributed by atoms with Gasteiger partial charge in [-0.05, 0) is 37.1 Å². The van der Waals surface area contributed by atoms with Crippen LogP contribution in [0.1, 0.15) is 25.1 Å². The van der Waals surface area contributed by atoms with Crippen LogP contribution in [0.3, 0.4) is 0 Å². The molecule has 2 heterocycles. The Kier molecular flexibility index (Phi) is 7.40. The first-order chi connectivity index (χ1) is 13.5. The normalized spacial score (nSPS) is 11.0. The lowest BCUT2D eigenvalue weighted by molar-refractivity contribution is -0.113. The zero-order chi connectivity index (χ0) is 20.1. The average Bonchev–Trinajstić information content (AvgIpc) is 3.26. The minimum Gasteiger partial charge on any atom is -0.325 e. The van der Waals surface area contributed by atoms with Crippen molar-refractivity contribution in [1.82, 2.24) is 14.8 Å². The maximum Gasteiger partial charge on any atom is 0.234 e. The molecule has 0 unspecified atom stereocenters. The van der Waals surface area contributed by atoms with E-state index in [4.69, 9.17) is 23.2 Å². The van der Waals surface area contributed by atoms with E-state index in [2.05, 4.69) is 45.4 Å². The Balaban J connectivity index is 1.70. The number of halogens is 2. The fourth-order valence-corrected chi connectivity index (χ4v) is 4.77. The van der Waals surface area contributed by atoms with Crippen molar-refractivity contribution < 1.29 is 4.79 Å². The van der Waals surface area contributed by atoms with Gasteiger partial charge in [-0.2, -0.15) is 0 Å². The molecule has 148 valence electrons. The molecule has 5 nitrogen and oxygen atoms in total. The van der Waals surface area contributed by atoms with Crippen LogP contribution in [0, 0.1) is 0 Å². The first kappa shape index (κ1) is 21.2. The third-order valence-corrected chi connectivity index (χ3v) is 6.39. The minimum absolute atomic E-state index is 0.153.